The lowest BCUT2D eigenvalue weighted by molar-refractivity contribution is -0.142. The summed E-state index contributed by atoms with van der Waals surface area (Å²) >= 11 is 0. The Morgan fingerprint density at radius 2 is 1.90 bits per heavy atom. The molecular formula is C18H26O3. The van der Waals surface area contributed by atoms with Crippen LogP contribution in [0.25, 0.3) is 0 Å². The number of carbonyl (C=O) groups is 1. The Morgan fingerprint density at radius 1 is 1.29 bits per heavy atom. The van der Waals surface area contributed by atoms with Gasteiger partial charge >= 0.3 is 5.97 Å². The predicted octanol–water partition coefficient (Wildman–Crippen LogP) is 4.00. The molecule has 1 aromatic rings. The van der Waals surface area contributed by atoms with Gasteiger partial charge in [-0.25, -0.2) is 0 Å². The molecule has 1 aromatic carbocycles. The SMILES string of the molecule is CCC(CC1CC1C(=O)OC)c1c(C)cc(OC)cc1C. The van der Waals surface area contributed by atoms with E-state index in [4.69, 9.17) is 9.47 Å². The van der Waals surface area contributed by atoms with Crippen LogP contribution in [-0.4, -0.2) is 20.2 Å². The van der Waals surface area contributed by atoms with Crippen LogP contribution >= 0.6 is 0 Å². The molecule has 1 fully saturated rings. The van der Waals surface area contributed by atoms with Gasteiger partial charge in [0, 0.05) is 0 Å². The average molecular weight is 290 g/mol. The molecule has 0 heterocycles. The molecule has 1 aliphatic rings. The number of methoxy groups -OCH3 is 2. The minimum absolute atomic E-state index is 0.0435. The van der Waals surface area contributed by atoms with E-state index < -0.39 is 0 Å². The van der Waals surface area contributed by atoms with Crippen LogP contribution in [0.1, 0.15) is 48.8 Å². The fourth-order valence-electron chi connectivity index (χ4n) is 3.50. The molecule has 0 bridgehead atoms. The zero-order chi connectivity index (χ0) is 15.6. The van der Waals surface area contributed by atoms with Crippen LogP contribution < -0.4 is 4.74 Å². The third-order valence-electron chi connectivity index (χ3n) is 4.72. The van der Waals surface area contributed by atoms with E-state index in [1.807, 2.05) is 0 Å². The van der Waals surface area contributed by atoms with Gasteiger partial charge in [-0.15, -0.1) is 0 Å². The monoisotopic (exact) mass is 290 g/mol. The first-order valence-corrected chi connectivity index (χ1v) is 7.74. The lowest BCUT2D eigenvalue weighted by Crippen LogP contribution is -2.08. The van der Waals surface area contributed by atoms with Crippen molar-refractivity contribution >= 4 is 5.97 Å². The Hall–Kier alpha value is -1.51. The van der Waals surface area contributed by atoms with Gasteiger partial charge in [0.2, 0.25) is 0 Å². The summed E-state index contributed by atoms with van der Waals surface area (Å²) in [5, 5.41) is 0. The molecule has 3 nitrogen and oxygen atoms in total. The Morgan fingerprint density at radius 3 is 2.38 bits per heavy atom. The highest BCUT2D eigenvalue weighted by Gasteiger charge is 2.44. The van der Waals surface area contributed by atoms with E-state index in [2.05, 4.69) is 32.9 Å². The van der Waals surface area contributed by atoms with E-state index in [0.29, 0.717) is 11.8 Å². The molecule has 0 N–H and O–H groups in total. The topological polar surface area (TPSA) is 35.5 Å². The summed E-state index contributed by atoms with van der Waals surface area (Å²) in [4.78, 5) is 11.6. The van der Waals surface area contributed by atoms with E-state index in [0.717, 1.165) is 25.0 Å². The molecule has 0 radical (unpaired) electrons. The maximum Gasteiger partial charge on any atom is 0.308 e. The summed E-state index contributed by atoms with van der Waals surface area (Å²) < 4.78 is 10.2. The maximum atomic E-state index is 11.6. The van der Waals surface area contributed by atoms with Gasteiger partial charge in [-0.05, 0) is 73.8 Å². The largest absolute Gasteiger partial charge is 0.497 e. The number of benzene rings is 1. The van der Waals surface area contributed by atoms with E-state index >= 15 is 0 Å². The molecule has 0 amide bonds. The van der Waals surface area contributed by atoms with Gasteiger partial charge in [0.1, 0.15) is 5.75 Å². The van der Waals surface area contributed by atoms with Crippen LogP contribution in [0.2, 0.25) is 0 Å². The van der Waals surface area contributed by atoms with Crippen LogP contribution in [0.4, 0.5) is 0 Å². The Balaban J connectivity index is 2.14. The van der Waals surface area contributed by atoms with Crippen molar-refractivity contribution in [3.05, 3.63) is 28.8 Å². The van der Waals surface area contributed by atoms with E-state index in [1.165, 1.54) is 23.8 Å². The second kappa shape index (κ2) is 6.50. The summed E-state index contributed by atoms with van der Waals surface area (Å²) in [6, 6.07) is 4.21. The first-order valence-electron chi connectivity index (χ1n) is 7.74. The number of hydrogen-bond donors (Lipinski definition) is 0. The van der Waals surface area contributed by atoms with Crippen molar-refractivity contribution in [1.82, 2.24) is 0 Å². The van der Waals surface area contributed by atoms with Crippen LogP contribution in [0.3, 0.4) is 0 Å². The molecule has 3 heteroatoms. The molecule has 3 unspecified atom stereocenters. The summed E-state index contributed by atoms with van der Waals surface area (Å²) in [6.07, 6.45) is 3.15. The highest BCUT2D eigenvalue weighted by molar-refractivity contribution is 5.75. The Kier molecular flexibility index (Phi) is 4.92. The summed E-state index contributed by atoms with van der Waals surface area (Å²) in [5.41, 5.74) is 4.00. The number of carbonyl (C=O) groups excluding carboxylic acids is 1. The molecule has 1 aliphatic carbocycles. The second-order valence-electron chi connectivity index (χ2n) is 6.14. The van der Waals surface area contributed by atoms with E-state index in [9.17, 15) is 4.79 Å². The smallest absolute Gasteiger partial charge is 0.308 e. The number of hydrogen-bond acceptors (Lipinski definition) is 3. The lowest BCUT2D eigenvalue weighted by Gasteiger charge is -2.21. The summed E-state index contributed by atoms with van der Waals surface area (Å²) in [5.74, 6) is 2.00. The van der Waals surface area contributed by atoms with Crippen molar-refractivity contribution in [2.45, 2.75) is 46.0 Å². The normalized spacial score (nSPS) is 21.8. The molecule has 0 aliphatic heterocycles. The van der Waals surface area contributed by atoms with Crippen molar-refractivity contribution < 1.29 is 14.3 Å². The molecule has 21 heavy (non-hydrogen) atoms. The molecule has 1 saturated carbocycles. The molecule has 2 rings (SSSR count). The average Bonchev–Trinajstić information content (AvgIpc) is 3.23. The van der Waals surface area contributed by atoms with Gasteiger partial charge in [-0.3, -0.25) is 4.79 Å². The van der Waals surface area contributed by atoms with Gasteiger partial charge in [0.05, 0.1) is 20.1 Å². The van der Waals surface area contributed by atoms with Crippen LogP contribution in [0.5, 0.6) is 5.75 Å². The number of aryl methyl sites for hydroxylation is 2. The molecule has 0 spiro atoms. The van der Waals surface area contributed by atoms with Crippen molar-refractivity contribution in [3.8, 4) is 5.75 Å². The highest BCUT2D eigenvalue weighted by atomic mass is 16.5. The van der Waals surface area contributed by atoms with Crippen LogP contribution in [-0.2, 0) is 9.53 Å². The predicted molar refractivity (Wildman–Crippen MR) is 83.7 cm³/mol. The highest BCUT2D eigenvalue weighted by Crippen LogP contribution is 2.47. The first kappa shape index (κ1) is 15.9. The van der Waals surface area contributed by atoms with Crippen molar-refractivity contribution in [2.75, 3.05) is 14.2 Å². The second-order valence-corrected chi connectivity index (χ2v) is 6.14. The Bertz CT molecular complexity index is 498. The molecular weight excluding hydrogens is 264 g/mol. The van der Waals surface area contributed by atoms with Crippen LogP contribution in [0, 0.1) is 25.7 Å². The van der Waals surface area contributed by atoms with E-state index in [1.54, 1.807) is 7.11 Å². The zero-order valence-electron chi connectivity index (χ0n) is 13.7. The fraction of sp³-hybridized carbons (Fsp3) is 0.611. The van der Waals surface area contributed by atoms with Gasteiger partial charge in [-0.1, -0.05) is 6.92 Å². The minimum Gasteiger partial charge on any atom is -0.497 e. The van der Waals surface area contributed by atoms with Gasteiger partial charge in [0.15, 0.2) is 0 Å². The summed E-state index contributed by atoms with van der Waals surface area (Å²) in [7, 11) is 3.18. The van der Waals surface area contributed by atoms with Gasteiger partial charge in [0.25, 0.3) is 0 Å². The summed E-state index contributed by atoms with van der Waals surface area (Å²) in [6.45, 7) is 6.53. The quantitative estimate of drug-likeness (QED) is 0.743. The number of rotatable bonds is 6. The number of esters is 1. The minimum atomic E-state index is -0.0435. The Labute approximate surface area is 127 Å². The fourth-order valence-corrected chi connectivity index (χ4v) is 3.50. The van der Waals surface area contributed by atoms with Crippen molar-refractivity contribution in [3.63, 3.8) is 0 Å². The van der Waals surface area contributed by atoms with Gasteiger partial charge < -0.3 is 9.47 Å². The molecule has 0 aromatic heterocycles. The van der Waals surface area contributed by atoms with E-state index in [-0.39, 0.29) is 11.9 Å². The van der Waals surface area contributed by atoms with Crippen LogP contribution in [0.15, 0.2) is 12.1 Å². The molecule has 116 valence electrons. The third-order valence-corrected chi connectivity index (χ3v) is 4.72. The first-order chi connectivity index (χ1) is 10.0. The standard InChI is InChI=1S/C18H26O3/c1-6-13(9-14-10-16(14)18(19)21-5)17-11(2)7-15(20-4)8-12(17)3/h7-8,13-14,16H,6,9-10H2,1-5H3. The third kappa shape index (κ3) is 3.39. The number of ether oxygens (including phenoxy) is 2. The van der Waals surface area contributed by atoms with Gasteiger partial charge in [-0.2, -0.15) is 0 Å². The van der Waals surface area contributed by atoms with Crippen molar-refractivity contribution in [2.24, 2.45) is 11.8 Å². The molecule has 0 saturated heterocycles. The lowest BCUT2D eigenvalue weighted by atomic mass is 9.85. The van der Waals surface area contributed by atoms with Crippen molar-refractivity contribution in [1.29, 1.82) is 0 Å². The zero-order valence-corrected chi connectivity index (χ0v) is 13.7. The molecule has 3 atom stereocenters. The maximum absolute atomic E-state index is 11.6.